The van der Waals surface area contributed by atoms with Crippen LogP contribution in [-0.2, 0) is 0 Å². The van der Waals surface area contributed by atoms with Crippen molar-refractivity contribution < 1.29 is 14.3 Å². The molecule has 54 valence electrons. The zero-order valence-electron chi connectivity index (χ0n) is 5.20. The van der Waals surface area contributed by atoms with Gasteiger partial charge >= 0.3 is 0 Å². The molecule has 6 heteroatoms. The second-order valence-corrected chi connectivity index (χ2v) is 1.73. The molecule has 0 bridgehead atoms. The molecule has 0 atom stereocenters. The summed E-state index contributed by atoms with van der Waals surface area (Å²) in [4.78, 5) is 10.4. The standard InChI is InChI=1S/C4H5N3O3/c1-2-3(4(5)8)7(9)10-6-2/h1H3,(H2,5,8). The third-order valence-corrected chi connectivity index (χ3v) is 1.01. The highest BCUT2D eigenvalue weighted by Gasteiger charge is 2.19. The van der Waals surface area contributed by atoms with Crippen molar-refractivity contribution in [1.82, 2.24) is 5.16 Å². The van der Waals surface area contributed by atoms with E-state index >= 15 is 0 Å². The SMILES string of the molecule is Cc1no[n+]([O-])c1C(N)=O. The summed E-state index contributed by atoms with van der Waals surface area (Å²) in [7, 11) is 0. The molecule has 0 saturated carbocycles. The number of carbonyl (C=O) groups excluding carboxylic acids is 1. The van der Waals surface area contributed by atoms with Gasteiger partial charge in [-0.1, -0.05) is 0 Å². The fourth-order valence-electron chi connectivity index (χ4n) is 0.583. The number of aromatic nitrogens is 2. The second-order valence-electron chi connectivity index (χ2n) is 1.73. The number of aryl methyl sites for hydroxylation is 1. The van der Waals surface area contributed by atoms with Gasteiger partial charge in [0.15, 0.2) is 0 Å². The molecule has 1 aromatic heterocycles. The summed E-state index contributed by atoms with van der Waals surface area (Å²) in [5, 5.41) is 13.7. The Morgan fingerprint density at radius 2 is 2.50 bits per heavy atom. The smallest absolute Gasteiger partial charge is 0.297 e. The van der Waals surface area contributed by atoms with Gasteiger partial charge in [0.05, 0.1) is 0 Å². The molecule has 10 heavy (non-hydrogen) atoms. The van der Waals surface area contributed by atoms with Crippen molar-refractivity contribution >= 4 is 5.91 Å². The molecule has 0 aromatic carbocycles. The van der Waals surface area contributed by atoms with Gasteiger partial charge < -0.3 is 10.9 Å². The molecule has 2 N–H and O–H groups in total. The Morgan fingerprint density at radius 1 is 1.90 bits per heavy atom. The van der Waals surface area contributed by atoms with Gasteiger partial charge in [0.1, 0.15) is 0 Å². The van der Waals surface area contributed by atoms with Crippen molar-refractivity contribution in [3.05, 3.63) is 16.6 Å². The van der Waals surface area contributed by atoms with Gasteiger partial charge in [-0.05, 0) is 4.90 Å². The number of primary amides is 1. The minimum Gasteiger partial charge on any atom is -0.362 e. The monoisotopic (exact) mass is 143 g/mol. The normalized spacial score (nSPS) is 9.70. The number of nitrogens with zero attached hydrogens (tertiary/aromatic N) is 2. The summed E-state index contributed by atoms with van der Waals surface area (Å²) in [5.41, 5.74) is 4.75. The van der Waals surface area contributed by atoms with Gasteiger partial charge in [-0.25, -0.2) is 0 Å². The summed E-state index contributed by atoms with van der Waals surface area (Å²) < 4.78 is 4.07. The van der Waals surface area contributed by atoms with Gasteiger partial charge in [0.2, 0.25) is 5.69 Å². The Morgan fingerprint density at radius 3 is 2.70 bits per heavy atom. The van der Waals surface area contributed by atoms with E-state index in [0.717, 1.165) is 0 Å². The van der Waals surface area contributed by atoms with E-state index in [9.17, 15) is 10.0 Å². The van der Waals surface area contributed by atoms with Crippen LogP contribution in [0.3, 0.4) is 0 Å². The van der Waals surface area contributed by atoms with Crippen LogP contribution in [0.25, 0.3) is 0 Å². The molecule has 1 aromatic rings. The van der Waals surface area contributed by atoms with E-state index < -0.39 is 5.91 Å². The minimum absolute atomic E-state index is 0.0162. The highest BCUT2D eigenvalue weighted by Crippen LogP contribution is 1.94. The van der Waals surface area contributed by atoms with Crippen LogP contribution in [0, 0.1) is 12.1 Å². The molecule has 0 fully saturated rings. The second kappa shape index (κ2) is 1.98. The van der Waals surface area contributed by atoms with Crippen LogP contribution in [0.15, 0.2) is 4.63 Å². The van der Waals surface area contributed by atoms with E-state index in [0.29, 0.717) is 0 Å². The summed E-state index contributed by atoms with van der Waals surface area (Å²) >= 11 is 0. The van der Waals surface area contributed by atoms with E-state index in [1.54, 1.807) is 0 Å². The predicted octanol–water partition coefficient (Wildman–Crippen LogP) is -1.28. The Balaban J connectivity index is 3.23. The lowest BCUT2D eigenvalue weighted by atomic mass is 10.3. The lowest BCUT2D eigenvalue weighted by molar-refractivity contribution is -0.803. The maximum Gasteiger partial charge on any atom is 0.297 e. The molecule has 1 heterocycles. The van der Waals surface area contributed by atoms with E-state index in [1.807, 2.05) is 0 Å². The quantitative estimate of drug-likeness (QED) is 0.495. The Labute approximate surface area is 55.8 Å². The largest absolute Gasteiger partial charge is 0.362 e. The van der Waals surface area contributed by atoms with Crippen LogP contribution in [0.4, 0.5) is 0 Å². The fraction of sp³-hybridized carbons (Fsp3) is 0.250. The predicted molar refractivity (Wildman–Crippen MR) is 28.7 cm³/mol. The number of hydrogen-bond acceptors (Lipinski definition) is 4. The number of carbonyl (C=O) groups is 1. The van der Waals surface area contributed by atoms with Crippen LogP contribution in [0.2, 0.25) is 0 Å². The van der Waals surface area contributed by atoms with E-state index in [-0.39, 0.29) is 16.3 Å². The first-order valence-corrected chi connectivity index (χ1v) is 2.49. The zero-order chi connectivity index (χ0) is 7.72. The fourth-order valence-corrected chi connectivity index (χ4v) is 0.583. The molecule has 0 unspecified atom stereocenters. The molecule has 0 aliphatic carbocycles. The maximum atomic E-state index is 10.5. The van der Waals surface area contributed by atoms with Gasteiger partial charge in [-0.15, -0.1) is 0 Å². The van der Waals surface area contributed by atoms with Crippen LogP contribution in [-0.4, -0.2) is 11.1 Å². The molecule has 0 aliphatic heterocycles. The van der Waals surface area contributed by atoms with E-state index in [2.05, 4.69) is 9.79 Å². The van der Waals surface area contributed by atoms with E-state index in [1.165, 1.54) is 6.92 Å². The summed E-state index contributed by atoms with van der Waals surface area (Å²) in [6.45, 7) is 1.46. The third kappa shape index (κ3) is 0.790. The molecule has 0 radical (unpaired) electrons. The van der Waals surface area contributed by atoms with Gasteiger partial charge in [-0.3, -0.25) is 9.42 Å². The molecular weight excluding hydrogens is 138 g/mol. The van der Waals surface area contributed by atoms with Crippen molar-refractivity contribution in [1.29, 1.82) is 0 Å². The Kier molecular flexibility index (Phi) is 1.29. The number of rotatable bonds is 1. The van der Waals surface area contributed by atoms with Crippen molar-refractivity contribution in [2.45, 2.75) is 6.92 Å². The van der Waals surface area contributed by atoms with Crippen molar-refractivity contribution in [2.24, 2.45) is 5.73 Å². The first-order valence-electron chi connectivity index (χ1n) is 2.49. The van der Waals surface area contributed by atoms with Gasteiger partial charge in [0, 0.05) is 12.1 Å². The first-order chi connectivity index (χ1) is 4.63. The van der Waals surface area contributed by atoms with Crippen molar-refractivity contribution in [2.75, 3.05) is 0 Å². The number of nitrogens with two attached hydrogens (primary N) is 1. The number of amides is 1. The van der Waals surface area contributed by atoms with Crippen LogP contribution >= 0.6 is 0 Å². The number of hydrogen-bond donors (Lipinski definition) is 1. The maximum absolute atomic E-state index is 10.5. The lowest BCUT2D eigenvalue weighted by Crippen LogP contribution is -2.34. The highest BCUT2D eigenvalue weighted by atomic mass is 16.8. The lowest BCUT2D eigenvalue weighted by Gasteiger charge is -1.87. The highest BCUT2D eigenvalue weighted by molar-refractivity contribution is 5.90. The van der Waals surface area contributed by atoms with Gasteiger partial charge in [0.25, 0.3) is 11.6 Å². The molecule has 1 amide bonds. The summed E-state index contributed by atoms with van der Waals surface area (Å²) in [6, 6.07) is 0. The van der Waals surface area contributed by atoms with Gasteiger partial charge in [-0.2, -0.15) is 0 Å². The molecular formula is C4H5N3O3. The van der Waals surface area contributed by atoms with Crippen molar-refractivity contribution in [3.63, 3.8) is 0 Å². The van der Waals surface area contributed by atoms with Crippen LogP contribution in [0.1, 0.15) is 16.2 Å². The zero-order valence-corrected chi connectivity index (χ0v) is 5.20. The topological polar surface area (TPSA) is 96.1 Å². The molecule has 0 saturated heterocycles. The molecule has 0 aliphatic rings. The Hall–Kier alpha value is -1.59. The summed E-state index contributed by atoms with van der Waals surface area (Å²) in [6.07, 6.45) is 0. The average molecular weight is 143 g/mol. The average Bonchev–Trinajstić information content (AvgIpc) is 2.11. The molecule has 0 spiro atoms. The molecule has 6 nitrogen and oxygen atoms in total. The van der Waals surface area contributed by atoms with Crippen LogP contribution in [0.5, 0.6) is 0 Å². The Bertz CT molecular complexity index is 247. The third-order valence-electron chi connectivity index (χ3n) is 1.01. The van der Waals surface area contributed by atoms with Crippen molar-refractivity contribution in [3.8, 4) is 0 Å². The molecule has 1 rings (SSSR count). The minimum atomic E-state index is -0.839. The van der Waals surface area contributed by atoms with Crippen LogP contribution < -0.4 is 10.6 Å². The first kappa shape index (κ1) is 6.53. The van der Waals surface area contributed by atoms with E-state index in [4.69, 9.17) is 5.73 Å². The summed E-state index contributed by atoms with van der Waals surface area (Å²) in [5.74, 6) is -0.839.